The summed E-state index contributed by atoms with van der Waals surface area (Å²) in [5, 5.41) is 6.40. The summed E-state index contributed by atoms with van der Waals surface area (Å²) < 4.78 is 5.67. The first kappa shape index (κ1) is 12.8. The zero-order valence-corrected chi connectivity index (χ0v) is 11.6. The normalized spacial score (nSPS) is 12.4. The van der Waals surface area contributed by atoms with E-state index >= 15 is 0 Å². The number of nitrogens with one attached hydrogen (secondary N) is 1. The van der Waals surface area contributed by atoms with Crippen molar-refractivity contribution >= 4 is 17.0 Å². The third kappa shape index (κ3) is 3.20. The summed E-state index contributed by atoms with van der Waals surface area (Å²) in [7, 11) is 0. The molecule has 2 aromatic heterocycles. The summed E-state index contributed by atoms with van der Waals surface area (Å²) in [5.74, 6) is 0.635. The minimum Gasteiger partial charge on any atom is -0.473 e. The maximum absolute atomic E-state index is 5.67. The van der Waals surface area contributed by atoms with Crippen molar-refractivity contribution in [3.8, 4) is 5.88 Å². The molecule has 1 unspecified atom stereocenters. The highest BCUT2D eigenvalue weighted by molar-refractivity contribution is 7.09. The average molecular weight is 263 g/mol. The Kier molecular flexibility index (Phi) is 4.15. The van der Waals surface area contributed by atoms with E-state index in [-0.39, 0.29) is 12.1 Å². The van der Waals surface area contributed by atoms with Crippen LogP contribution in [0.5, 0.6) is 5.88 Å². The van der Waals surface area contributed by atoms with Gasteiger partial charge in [0.2, 0.25) is 5.88 Å². The Morgan fingerprint density at radius 2 is 2.06 bits per heavy atom. The molecule has 1 atom stereocenters. The molecule has 96 valence electrons. The number of pyridine rings is 1. The van der Waals surface area contributed by atoms with Gasteiger partial charge in [0.05, 0.1) is 17.8 Å². The molecule has 2 aromatic rings. The highest BCUT2D eigenvalue weighted by Crippen LogP contribution is 2.27. The third-order valence-electron chi connectivity index (χ3n) is 2.31. The second-order valence-electron chi connectivity index (χ2n) is 4.26. The first-order valence-corrected chi connectivity index (χ1v) is 6.82. The SMILES string of the molecule is CC(C)Oc1ncccc1NC(C)c1nccs1. The summed E-state index contributed by atoms with van der Waals surface area (Å²) in [6.07, 6.45) is 3.65. The smallest absolute Gasteiger partial charge is 0.237 e. The Morgan fingerprint density at radius 3 is 2.72 bits per heavy atom. The lowest BCUT2D eigenvalue weighted by atomic mass is 10.3. The molecule has 18 heavy (non-hydrogen) atoms. The molecule has 2 heterocycles. The fraction of sp³-hybridized carbons (Fsp3) is 0.385. The van der Waals surface area contributed by atoms with E-state index in [4.69, 9.17) is 4.74 Å². The standard InChI is InChI=1S/C13H17N3OS/c1-9(2)17-12-11(5-4-6-14-12)16-10(3)13-15-7-8-18-13/h4-10,16H,1-3H3. The predicted octanol–water partition coefficient (Wildman–Crippen LogP) is 3.50. The molecule has 0 amide bonds. The number of nitrogens with zero attached hydrogens (tertiary/aromatic N) is 2. The van der Waals surface area contributed by atoms with Crippen LogP contribution in [0, 0.1) is 0 Å². The Labute approximate surface area is 111 Å². The van der Waals surface area contributed by atoms with Crippen LogP contribution in [0.25, 0.3) is 0 Å². The maximum Gasteiger partial charge on any atom is 0.237 e. The van der Waals surface area contributed by atoms with Gasteiger partial charge < -0.3 is 10.1 Å². The third-order valence-corrected chi connectivity index (χ3v) is 3.27. The number of ether oxygens (including phenoxy) is 1. The molecule has 0 aliphatic carbocycles. The summed E-state index contributed by atoms with van der Waals surface area (Å²) in [6.45, 7) is 6.05. The molecule has 0 aliphatic heterocycles. The van der Waals surface area contributed by atoms with E-state index in [2.05, 4.69) is 22.2 Å². The van der Waals surface area contributed by atoms with Crippen molar-refractivity contribution < 1.29 is 4.74 Å². The van der Waals surface area contributed by atoms with Gasteiger partial charge in [0.25, 0.3) is 0 Å². The molecule has 0 saturated carbocycles. The van der Waals surface area contributed by atoms with Crippen molar-refractivity contribution in [2.75, 3.05) is 5.32 Å². The first-order chi connectivity index (χ1) is 8.66. The van der Waals surface area contributed by atoms with E-state index in [1.165, 1.54) is 0 Å². The maximum atomic E-state index is 5.67. The van der Waals surface area contributed by atoms with Gasteiger partial charge in [0, 0.05) is 17.8 Å². The van der Waals surface area contributed by atoms with Gasteiger partial charge in [-0.1, -0.05) is 0 Å². The molecule has 0 fully saturated rings. The molecule has 0 aliphatic rings. The number of aromatic nitrogens is 2. The molecule has 1 N–H and O–H groups in total. The van der Waals surface area contributed by atoms with E-state index in [1.807, 2.05) is 37.6 Å². The van der Waals surface area contributed by atoms with Crippen LogP contribution in [0.4, 0.5) is 5.69 Å². The Morgan fingerprint density at radius 1 is 1.22 bits per heavy atom. The van der Waals surface area contributed by atoms with Crippen LogP contribution in [-0.4, -0.2) is 16.1 Å². The van der Waals surface area contributed by atoms with Gasteiger partial charge in [-0.15, -0.1) is 11.3 Å². The second kappa shape index (κ2) is 5.82. The summed E-state index contributed by atoms with van der Waals surface area (Å²) in [5.41, 5.74) is 0.897. The lowest BCUT2D eigenvalue weighted by Crippen LogP contribution is -2.12. The summed E-state index contributed by atoms with van der Waals surface area (Å²) in [6, 6.07) is 4.00. The van der Waals surface area contributed by atoms with Gasteiger partial charge in [-0.2, -0.15) is 0 Å². The van der Waals surface area contributed by atoms with Crippen molar-refractivity contribution in [3.05, 3.63) is 34.9 Å². The fourth-order valence-electron chi connectivity index (χ4n) is 1.56. The lowest BCUT2D eigenvalue weighted by Gasteiger charge is -2.17. The van der Waals surface area contributed by atoms with Gasteiger partial charge >= 0.3 is 0 Å². The van der Waals surface area contributed by atoms with E-state index in [1.54, 1.807) is 17.5 Å². The minimum atomic E-state index is 0.107. The molecule has 0 saturated heterocycles. The number of hydrogen-bond donors (Lipinski definition) is 1. The summed E-state index contributed by atoms with van der Waals surface area (Å²) in [4.78, 5) is 8.55. The highest BCUT2D eigenvalue weighted by atomic mass is 32.1. The van der Waals surface area contributed by atoms with Gasteiger partial charge in [0.15, 0.2) is 0 Å². The number of thiazole rings is 1. The van der Waals surface area contributed by atoms with Crippen molar-refractivity contribution in [2.24, 2.45) is 0 Å². The number of rotatable bonds is 5. The molecule has 5 heteroatoms. The Balaban J connectivity index is 2.13. The van der Waals surface area contributed by atoms with E-state index in [0.717, 1.165) is 10.7 Å². The van der Waals surface area contributed by atoms with Crippen LogP contribution in [0.15, 0.2) is 29.9 Å². The molecular weight excluding hydrogens is 246 g/mol. The van der Waals surface area contributed by atoms with Gasteiger partial charge in [0.1, 0.15) is 5.01 Å². The van der Waals surface area contributed by atoms with E-state index in [0.29, 0.717) is 5.88 Å². The van der Waals surface area contributed by atoms with Crippen LogP contribution in [-0.2, 0) is 0 Å². The van der Waals surface area contributed by atoms with Crippen LogP contribution in [0.1, 0.15) is 31.8 Å². The predicted molar refractivity (Wildman–Crippen MR) is 74.2 cm³/mol. The van der Waals surface area contributed by atoms with Crippen molar-refractivity contribution in [1.82, 2.24) is 9.97 Å². The van der Waals surface area contributed by atoms with Crippen LogP contribution in [0.3, 0.4) is 0 Å². The van der Waals surface area contributed by atoms with Crippen LogP contribution < -0.4 is 10.1 Å². The molecule has 4 nitrogen and oxygen atoms in total. The minimum absolute atomic E-state index is 0.107. The van der Waals surface area contributed by atoms with Gasteiger partial charge in [-0.05, 0) is 32.9 Å². The second-order valence-corrected chi connectivity index (χ2v) is 5.19. The van der Waals surface area contributed by atoms with Gasteiger partial charge in [-0.25, -0.2) is 9.97 Å². The number of anilines is 1. The van der Waals surface area contributed by atoms with E-state index in [9.17, 15) is 0 Å². The Bertz CT molecular complexity index is 485. The average Bonchev–Trinajstić information content (AvgIpc) is 2.84. The molecule has 0 aromatic carbocycles. The van der Waals surface area contributed by atoms with Gasteiger partial charge in [-0.3, -0.25) is 0 Å². The zero-order chi connectivity index (χ0) is 13.0. The molecular formula is C13H17N3OS. The molecule has 2 rings (SSSR count). The lowest BCUT2D eigenvalue weighted by molar-refractivity contribution is 0.234. The van der Waals surface area contributed by atoms with E-state index < -0.39 is 0 Å². The van der Waals surface area contributed by atoms with Crippen molar-refractivity contribution in [3.63, 3.8) is 0 Å². The monoisotopic (exact) mass is 263 g/mol. The molecule has 0 radical (unpaired) electrons. The zero-order valence-electron chi connectivity index (χ0n) is 10.8. The van der Waals surface area contributed by atoms with Crippen molar-refractivity contribution in [2.45, 2.75) is 32.9 Å². The molecule has 0 spiro atoms. The van der Waals surface area contributed by atoms with Crippen molar-refractivity contribution in [1.29, 1.82) is 0 Å². The molecule has 0 bridgehead atoms. The quantitative estimate of drug-likeness (QED) is 0.897. The summed E-state index contributed by atoms with van der Waals surface area (Å²) >= 11 is 1.64. The van der Waals surface area contributed by atoms with Crippen LogP contribution >= 0.6 is 11.3 Å². The Hall–Kier alpha value is -1.62. The first-order valence-electron chi connectivity index (χ1n) is 5.94. The van der Waals surface area contributed by atoms with Crippen LogP contribution in [0.2, 0.25) is 0 Å². The largest absolute Gasteiger partial charge is 0.473 e. The fourth-order valence-corrected chi connectivity index (χ4v) is 2.21. The highest BCUT2D eigenvalue weighted by Gasteiger charge is 2.12. The topological polar surface area (TPSA) is 47.0 Å². The number of hydrogen-bond acceptors (Lipinski definition) is 5.